The van der Waals surface area contributed by atoms with E-state index in [9.17, 15) is 0 Å². The van der Waals surface area contributed by atoms with E-state index in [1.165, 1.54) is 27.7 Å². The zero-order chi connectivity index (χ0) is 12.6. The molecule has 0 radical (unpaired) electrons. The summed E-state index contributed by atoms with van der Waals surface area (Å²) in [5.41, 5.74) is 5.15. The Hall–Kier alpha value is -1.44. The molecule has 2 rings (SSSR count). The lowest BCUT2D eigenvalue weighted by molar-refractivity contribution is 0.408. The first-order valence-electron chi connectivity index (χ1n) is 6.27. The van der Waals surface area contributed by atoms with E-state index in [2.05, 4.69) is 44.8 Å². The van der Waals surface area contributed by atoms with Crippen LogP contribution in [0.4, 0.5) is 0 Å². The molecule has 92 valence electrons. The van der Waals surface area contributed by atoms with Crippen LogP contribution < -0.4 is 4.74 Å². The number of H-pyrrole nitrogens is 1. The summed E-state index contributed by atoms with van der Waals surface area (Å²) in [5.74, 6) is 1.46. The van der Waals surface area contributed by atoms with Crippen LogP contribution >= 0.6 is 0 Å². The second kappa shape index (κ2) is 4.44. The molecular formula is C15H21NO. The van der Waals surface area contributed by atoms with E-state index in [0.29, 0.717) is 5.92 Å². The largest absolute Gasteiger partial charge is 0.496 e. The van der Waals surface area contributed by atoms with E-state index in [0.717, 1.165) is 12.2 Å². The predicted octanol–water partition coefficient (Wildman–Crippen LogP) is 4.17. The third-order valence-corrected chi connectivity index (χ3v) is 3.49. The number of hydrogen-bond donors (Lipinski definition) is 1. The van der Waals surface area contributed by atoms with Gasteiger partial charge < -0.3 is 9.72 Å². The van der Waals surface area contributed by atoms with Crippen LogP contribution in [0, 0.1) is 6.92 Å². The van der Waals surface area contributed by atoms with Crippen LogP contribution in [0.25, 0.3) is 10.9 Å². The zero-order valence-electron chi connectivity index (χ0n) is 11.3. The predicted molar refractivity (Wildman–Crippen MR) is 73.1 cm³/mol. The Kier molecular flexibility index (Phi) is 3.14. The highest BCUT2D eigenvalue weighted by molar-refractivity contribution is 5.87. The smallest absolute Gasteiger partial charge is 0.124 e. The van der Waals surface area contributed by atoms with Gasteiger partial charge in [-0.2, -0.15) is 0 Å². The van der Waals surface area contributed by atoms with Gasteiger partial charge in [-0.1, -0.05) is 20.8 Å². The van der Waals surface area contributed by atoms with Gasteiger partial charge in [0.1, 0.15) is 5.75 Å². The minimum absolute atomic E-state index is 0.480. The Balaban J connectivity index is 2.72. The van der Waals surface area contributed by atoms with Crippen LogP contribution in [0.3, 0.4) is 0 Å². The maximum absolute atomic E-state index is 5.48. The second-order valence-electron chi connectivity index (χ2n) is 4.88. The molecule has 2 aromatic rings. The molecule has 17 heavy (non-hydrogen) atoms. The summed E-state index contributed by atoms with van der Waals surface area (Å²) in [6.45, 7) is 8.77. The van der Waals surface area contributed by atoms with E-state index in [4.69, 9.17) is 4.74 Å². The molecule has 2 nitrogen and oxygen atoms in total. The summed E-state index contributed by atoms with van der Waals surface area (Å²) in [5, 5.41) is 1.33. The molecular weight excluding hydrogens is 210 g/mol. The number of aryl methyl sites for hydroxylation is 2. The van der Waals surface area contributed by atoms with Gasteiger partial charge in [0, 0.05) is 22.7 Å². The minimum atomic E-state index is 0.480. The van der Waals surface area contributed by atoms with Crippen LogP contribution in [0.5, 0.6) is 5.75 Å². The Morgan fingerprint density at radius 1 is 1.29 bits per heavy atom. The highest BCUT2D eigenvalue weighted by Gasteiger charge is 2.13. The Morgan fingerprint density at radius 3 is 2.53 bits per heavy atom. The molecule has 0 unspecified atom stereocenters. The minimum Gasteiger partial charge on any atom is -0.496 e. The molecule has 0 saturated heterocycles. The summed E-state index contributed by atoms with van der Waals surface area (Å²) in [6.07, 6.45) is 1.04. The fourth-order valence-corrected chi connectivity index (χ4v) is 2.41. The standard InChI is InChI=1S/C15H21NO/c1-6-13-10(4)12-7-11(9(2)3)15(17-5)8-14(12)16-13/h7-9,16H,6H2,1-5H3. The van der Waals surface area contributed by atoms with E-state index >= 15 is 0 Å². The van der Waals surface area contributed by atoms with Crippen LogP contribution in [-0.4, -0.2) is 12.1 Å². The first-order chi connectivity index (χ1) is 8.08. The van der Waals surface area contributed by atoms with E-state index < -0.39 is 0 Å². The molecule has 0 aliphatic heterocycles. The molecule has 1 aromatic heterocycles. The third-order valence-electron chi connectivity index (χ3n) is 3.49. The lowest BCUT2D eigenvalue weighted by atomic mass is 9.99. The van der Waals surface area contributed by atoms with Crippen molar-refractivity contribution >= 4 is 10.9 Å². The molecule has 1 N–H and O–H groups in total. The van der Waals surface area contributed by atoms with Gasteiger partial charge in [0.2, 0.25) is 0 Å². The van der Waals surface area contributed by atoms with Gasteiger partial charge in [-0.25, -0.2) is 0 Å². The molecule has 0 fully saturated rings. The van der Waals surface area contributed by atoms with Crippen molar-refractivity contribution in [1.29, 1.82) is 0 Å². The topological polar surface area (TPSA) is 25.0 Å². The van der Waals surface area contributed by atoms with Crippen molar-refractivity contribution in [3.63, 3.8) is 0 Å². The lowest BCUT2D eigenvalue weighted by Gasteiger charge is -2.12. The fourth-order valence-electron chi connectivity index (χ4n) is 2.41. The molecule has 2 heteroatoms. The average Bonchev–Trinajstić information content (AvgIpc) is 2.64. The molecule has 0 aliphatic rings. The van der Waals surface area contributed by atoms with Crippen molar-refractivity contribution < 1.29 is 4.74 Å². The monoisotopic (exact) mass is 231 g/mol. The van der Waals surface area contributed by atoms with E-state index in [-0.39, 0.29) is 0 Å². The van der Waals surface area contributed by atoms with Crippen molar-refractivity contribution in [2.45, 2.75) is 40.0 Å². The number of aromatic amines is 1. The van der Waals surface area contributed by atoms with Crippen molar-refractivity contribution in [2.24, 2.45) is 0 Å². The average molecular weight is 231 g/mol. The van der Waals surface area contributed by atoms with Gasteiger partial charge in [0.05, 0.1) is 7.11 Å². The van der Waals surface area contributed by atoms with Crippen molar-refractivity contribution in [1.82, 2.24) is 4.98 Å². The van der Waals surface area contributed by atoms with E-state index in [1.807, 2.05) is 0 Å². The number of nitrogens with one attached hydrogen (secondary N) is 1. The molecule has 0 atom stereocenters. The molecule has 1 aromatic carbocycles. The zero-order valence-corrected chi connectivity index (χ0v) is 11.3. The first kappa shape index (κ1) is 12.0. The number of methoxy groups -OCH3 is 1. The van der Waals surface area contributed by atoms with Gasteiger partial charge in [-0.05, 0) is 36.5 Å². The Bertz CT molecular complexity index is 537. The summed E-state index contributed by atoms with van der Waals surface area (Å²) in [4.78, 5) is 3.47. The highest BCUT2D eigenvalue weighted by Crippen LogP contribution is 2.33. The number of aromatic nitrogens is 1. The number of ether oxygens (including phenoxy) is 1. The lowest BCUT2D eigenvalue weighted by Crippen LogP contribution is -1.94. The Labute approximate surface area is 103 Å². The SMILES string of the molecule is CCc1[nH]c2cc(OC)c(C(C)C)cc2c1C. The van der Waals surface area contributed by atoms with Crippen LogP contribution in [0.2, 0.25) is 0 Å². The van der Waals surface area contributed by atoms with Gasteiger partial charge in [-0.15, -0.1) is 0 Å². The van der Waals surface area contributed by atoms with Crippen molar-refractivity contribution in [3.8, 4) is 5.75 Å². The van der Waals surface area contributed by atoms with E-state index in [1.54, 1.807) is 7.11 Å². The maximum atomic E-state index is 5.48. The van der Waals surface area contributed by atoms with Gasteiger partial charge in [0.25, 0.3) is 0 Å². The molecule has 0 bridgehead atoms. The highest BCUT2D eigenvalue weighted by atomic mass is 16.5. The number of fused-ring (bicyclic) bond motifs is 1. The fraction of sp³-hybridized carbons (Fsp3) is 0.467. The first-order valence-corrected chi connectivity index (χ1v) is 6.27. The molecule has 0 amide bonds. The van der Waals surface area contributed by atoms with Gasteiger partial charge >= 0.3 is 0 Å². The third kappa shape index (κ3) is 1.92. The maximum Gasteiger partial charge on any atom is 0.124 e. The molecule has 1 heterocycles. The second-order valence-corrected chi connectivity index (χ2v) is 4.88. The van der Waals surface area contributed by atoms with Crippen LogP contribution in [-0.2, 0) is 6.42 Å². The number of benzene rings is 1. The number of rotatable bonds is 3. The normalized spacial score (nSPS) is 11.4. The van der Waals surface area contributed by atoms with Crippen LogP contribution in [0.15, 0.2) is 12.1 Å². The quantitative estimate of drug-likeness (QED) is 0.842. The summed E-state index contributed by atoms with van der Waals surface area (Å²) >= 11 is 0. The summed E-state index contributed by atoms with van der Waals surface area (Å²) < 4.78 is 5.48. The molecule has 0 aliphatic carbocycles. The molecule has 0 spiro atoms. The Morgan fingerprint density at radius 2 is 2.00 bits per heavy atom. The van der Waals surface area contributed by atoms with Gasteiger partial charge in [0.15, 0.2) is 0 Å². The molecule has 0 saturated carbocycles. The summed E-state index contributed by atoms with van der Waals surface area (Å²) in [6, 6.07) is 4.39. The van der Waals surface area contributed by atoms with Crippen molar-refractivity contribution in [2.75, 3.05) is 7.11 Å². The summed E-state index contributed by atoms with van der Waals surface area (Å²) in [7, 11) is 1.74. The van der Waals surface area contributed by atoms with Crippen LogP contribution in [0.1, 0.15) is 43.5 Å². The number of hydrogen-bond acceptors (Lipinski definition) is 1. The van der Waals surface area contributed by atoms with Gasteiger partial charge in [-0.3, -0.25) is 0 Å². The van der Waals surface area contributed by atoms with Crippen molar-refractivity contribution in [3.05, 3.63) is 29.0 Å².